The van der Waals surface area contributed by atoms with Crippen molar-refractivity contribution < 1.29 is 14.0 Å². The molecule has 4 aromatic carbocycles. The van der Waals surface area contributed by atoms with Gasteiger partial charge in [-0.05, 0) is 55.0 Å². The lowest BCUT2D eigenvalue weighted by molar-refractivity contribution is -0.120. The number of benzodiazepines with no additional fused rings is 1. The Hall–Kier alpha value is -5.31. The summed E-state index contributed by atoms with van der Waals surface area (Å²) in [5, 5.41) is 5.45. The van der Waals surface area contributed by atoms with E-state index in [1.54, 1.807) is 48.5 Å². The van der Waals surface area contributed by atoms with Crippen molar-refractivity contribution in [1.29, 1.82) is 0 Å². The van der Waals surface area contributed by atoms with Gasteiger partial charge in [-0.3, -0.25) is 4.79 Å². The van der Waals surface area contributed by atoms with Gasteiger partial charge in [0.2, 0.25) is 6.17 Å². The highest BCUT2D eigenvalue weighted by Gasteiger charge is 2.34. The number of imidazole rings is 1. The number of carbonyl (C=O) groups excluding carboxylic acids is 2. The number of aromatic amines is 1. The molecule has 198 valence electrons. The van der Waals surface area contributed by atoms with Crippen LogP contribution in [0.3, 0.4) is 0 Å². The van der Waals surface area contributed by atoms with Crippen LogP contribution in [0.15, 0.2) is 102 Å². The summed E-state index contributed by atoms with van der Waals surface area (Å²) in [5.41, 5.74) is 4.70. The minimum absolute atomic E-state index is 0.0856. The van der Waals surface area contributed by atoms with Gasteiger partial charge in [0.1, 0.15) is 11.6 Å². The first-order valence-electron chi connectivity index (χ1n) is 12.8. The molecule has 40 heavy (non-hydrogen) atoms. The summed E-state index contributed by atoms with van der Waals surface area (Å²) < 4.78 is 15.1. The van der Waals surface area contributed by atoms with Crippen LogP contribution < -0.4 is 15.5 Å². The molecule has 1 aliphatic rings. The van der Waals surface area contributed by atoms with Crippen LogP contribution in [0, 0.1) is 12.7 Å². The number of nitrogens with zero attached hydrogens (tertiary/aromatic N) is 3. The van der Waals surface area contributed by atoms with E-state index in [1.165, 1.54) is 11.0 Å². The van der Waals surface area contributed by atoms with Gasteiger partial charge in [0.05, 0.1) is 29.0 Å². The van der Waals surface area contributed by atoms with E-state index < -0.39 is 23.9 Å². The molecular weight excluding hydrogens is 507 g/mol. The number of urea groups is 1. The van der Waals surface area contributed by atoms with Crippen LogP contribution in [0.4, 0.5) is 20.6 Å². The second-order valence-electron chi connectivity index (χ2n) is 9.47. The largest absolute Gasteiger partial charge is 0.340 e. The number of amides is 3. The Morgan fingerprint density at radius 3 is 2.50 bits per heavy atom. The summed E-state index contributed by atoms with van der Waals surface area (Å²) in [5.74, 6) is -0.419. The molecule has 8 nitrogen and oxygen atoms in total. The first-order valence-corrected chi connectivity index (χ1v) is 12.8. The van der Waals surface area contributed by atoms with Gasteiger partial charge in [0.15, 0.2) is 0 Å². The van der Waals surface area contributed by atoms with Crippen LogP contribution in [0.1, 0.15) is 22.5 Å². The first-order chi connectivity index (χ1) is 19.5. The van der Waals surface area contributed by atoms with Gasteiger partial charge in [-0.1, -0.05) is 54.6 Å². The maximum Gasteiger partial charge on any atom is 0.321 e. The quantitative estimate of drug-likeness (QED) is 0.277. The summed E-state index contributed by atoms with van der Waals surface area (Å²) in [6, 6.07) is 27.7. The van der Waals surface area contributed by atoms with Gasteiger partial charge < -0.3 is 20.5 Å². The fourth-order valence-corrected chi connectivity index (χ4v) is 4.80. The van der Waals surface area contributed by atoms with Gasteiger partial charge in [0.25, 0.3) is 5.91 Å². The molecule has 0 bridgehead atoms. The first kappa shape index (κ1) is 25.0. The third kappa shape index (κ3) is 4.92. The van der Waals surface area contributed by atoms with Crippen molar-refractivity contribution in [3.05, 3.63) is 125 Å². The number of anilines is 2. The number of hydrogen-bond acceptors (Lipinski definition) is 4. The predicted octanol–water partition coefficient (Wildman–Crippen LogP) is 5.54. The number of rotatable bonds is 5. The van der Waals surface area contributed by atoms with E-state index >= 15 is 4.39 Å². The zero-order valence-corrected chi connectivity index (χ0v) is 21.6. The molecule has 6 rings (SSSR count). The Labute approximate surface area is 229 Å². The molecule has 1 atom stereocenters. The molecule has 1 aromatic heterocycles. The molecule has 5 aromatic rings. The third-order valence-corrected chi connectivity index (χ3v) is 6.63. The topological polar surface area (TPSA) is 102 Å². The molecule has 3 N–H and O–H groups in total. The molecule has 0 spiro atoms. The maximum absolute atomic E-state index is 15.1. The van der Waals surface area contributed by atoms with Crippen molar-refractivity contribution in [3.63, 3.8) is 0 Å². The molecule has 0 fully saturated rings. The number of H-pyrrole nitrogens is 1. The number of para-hydroxylation sites is 3. The van der Waals surface area contributed by atoms with Crippen LogP contribution in [-0.4, -0.2) is 33.8 Å². The Morgan fingerprint density at radius 2 is 1.70 bits per heavy atom. The highest BCUT2D eigenvalue weighted by molar-refractivity contribution is 6.20. The van der Waals surface area contributed by atoms with Crippen molar-refractivity contribution >= 4 is 40.1 Å². The van der Waals surface area contributed by atoms with Crippen molar-refractivity contribution in [1.82, 2.24) is 15.3 Å². The lowest BCUT2D eigenvalue weighted by Crippen LogP contribution is -2.48. The van der Waals surface area contributed by atoms with Gasteiger partial charge in [-0.2, -0.15) is 0 Å². The van der Waals surface area contributed by atoms with Crippen LogP contribution in [0.25, 0.3) is 11.0 Å². The third-order valence-electron chi connectivity index (χ3n) is 6.63. The van der Waals surface area contributed by atoms with E-state index in [9.17, 15) is 9.59 Å². The Bertz CT molecular complexity index is 1750. The van der Waals surface area contributed by atoms with E-state index in [0.717, 1.165) is 16.6 Å². The van der Waals surface area contributed by atoms with Crippen LogP contribution >= 0.6 is 0 Å². The Kier molecular flexibility index (Phi) is 6.53. The molecule has 2 heterocycles. The smallest absolute Gasteiger partial charge is 0.321 e. The molecule has 3 amide bonds. The van der Waals surface area contributed by atoms with Crippen molar-refractivity contribution in [2.45, 2.75) is 19.6 Å². The molecule has 0 aliphatic carbocycles. The second-order valence-corrected chi connectivity index (χ2v) is 9.47. The fraction of sp³-hybridized carbons (Fsp3) is 0.0968. The van der Waals surface area contributed by atoms with Crippen LogP contribution in [0.2, 0.25) is 0 Å². The highest BCUT2D eigenvalue weighted by Crippen LogP contribution is 2.30. The van der Waals surface area contributed by atoms with Crippen molar-refractivity contribution in [3.8, 4) is 0 Å². The zero-order chi connectivity index (χ0) is 27.6. The lowest BCUT2D eigenvalue weighted by atomic mass is 9.99. The number of hydrogen-bond donors (Lipinski definition) is 3. The van der Waals surface area contributed by atoms with Crippen LogP contribution in [-0.2, 0) is 11.3 Å². The average Bonchev–Trinajstić information content (AvgIpc) is 3.33. The number of halogens is 1. The standard InChI is InChI=1S/C31H25FN6O2/c1-19-9-8-10-20(17-19)33-31(40)37-29-30(39)38(18-27-34-24-14-5-6-15-25(24)35-27)26-16-7-3-12-22(26)28(36-29)21-11-2-4-13-23(21)32/h2-17,29H,18H2,1H3,(H,34,35)(H2,33,37,40). The SMILES string of the molecule is Cc1cccc(NC(=O)NC2N=C(c3ccccc3F)c3ccccc3N(Cc3nc4ccccc4[nH]3)C2=O)c1. The average molecular weight is 533 g/mol. The summed E-state index contributed by atoms with van der Waals surface area (Å²) in [7, 11) is 0. The van der Waals surface area contributed by atoms with E-state index in [2.05, 4.69) is 25.6 Å². The summed E-state index contributed by atoms with van der Waals surface area (Å²) >= 11 is 0. The summed E-state index contributed by atoms with van der Waals surface area (Å²) in [6.07, 6.45) is -1.34. The molecule has 9 heteroatoms. The summed E-state index contributed by atoms with van der Waals surface area (Å²) in [4.78, 5) is 41.2. The van der Waals surface area contributed by atoms with Gasteiger partial charge in [-0.15, -0.1) is 0 Å². The van der Waals surface area contributed by atoms with Gasteiger partial charge in [-0.25, -0.2) is 19.2 Å². The zero-order valence-electron chi connectivity index (χ0n) is 21.6. The second kappa shape index (κ2) is 10.5. The van der Waals surface area contributed by atoms with Crippen molar-refractivity contribution in [2.75, 3.05) is 10.2 Å². The highest BCUT2D eigenvalue weighted by atomic mass is 19.1. The number of fused-ring (bicyclic) bond motifs is 2. The van der Waals surface area contributed by atoms with E-state index in [0.29, 0.717) is 22.8 Å². The van der Waals surface area contributed by atoms with E-state index in [1.807, 2.05) is 49.4 Å². The Morgan fingerprint density at radius 1 is 0.950 bits per heavy atom. The summed E-state index contributed by atoms with van der Waals surface area (Å²) in [6.45, 7) is 2.00. The number of aromatic nitrogens is 2. The minimum atomic E-state index is -1.34. The van der Waals surface area contributed by atoms with E-state index in [4.69, 9.17) is 0 Å². The normalized spacial score (nSPS) is 14.8. The predicted molar refractivity (Wildman–Crippen MR) is 153 cm³/mol. The lowest BCUT2D eigenvalue weighted by Gasteiger charge is -2.24. The Balaban J connectivity index is 1.42. The molecule has 0 radical (unpaired) electrons. The van der Waals surface area contributed by atoms with Gasteiger partial charge in [0, 0.05) is 16.8 Å². The van der Waals surface area contributed by atoms with E-state index in [-0.39, 0.29) is 17.8 Å². The molecular formula is C31H25FN6O2. The number of nitrogens with one attached hydrogen (secondary N) is 3. The molecule has 0 saturated heterocycles. The molecule has 1 unspecified atom stereocenters. The molecule has 1 aliphatic heterocycles. The van der Waals surface area contributed by atoms with Crippen molar-refractivity contribution in [2.24, 2.45) is 4.99 Å². The monoisotopic (exact) mass is 532 g/mol. The number of aryl methyl sites for hydroxylation is 1. The number of aliphatic imine (C=N–C) groups is 1. The number of benzene rings is 4. The number of carbonyl (C=O) groups is 2. The van der Waals surface area contributed by atoms with Crippen LogP contribution in [0.5, 0.6) is 0 Å². The fourth-order valence-electron chi connectivity index (χ4n) is 4.80. The van der Waals surface area contributed by atoms with Gasteiger partial charge >= 0.3 is 6.03 Å². The minimum Gasteiger partial charge on any atom is -0.340 e. The molecule has 0 saturated carbocycles. The maximum atomic E-state index is 15.1.